The van der Waals surface area contributed by atoms with Crippen LogP contribution in [-0.2, 0) is 4.79 Å². The van der Waals surface area contributed by atoms with Crippen LogP contribution in [0.25, 0.3) is 0 Å². The van der Waals surface area contributed by atoms with Crippen LogP contribution in [0.4, 0.5) is 8.78 Å². The van der Waals surface area contributed by atoms with E-state index in [1.165, 1.54) is 6.07 Å². The summed E-state index contributed by atoms with van der Waals surface area (Å²) < 4.78 is 26.0. The Balaban J connectivity index is 2.64. The van der Waals surface area contributed by atoms with Crippen molar-refractivity contribution in [2.45, 2.75) is 47.1 Å². The third-order valence-electron chi connectivity index (χ3n) is 3.79. The molecule has 0 aliphatic carbocycles. The summed E-state index contributed by atoms with van der Waals surface area (Å²) in [5.74, 6) is -1.62. The van der Waals surface area contributed by atoms with Crippen molar-refractivity contribution >= 4 is 5.91 Å². The molecule has 1 rings (SSSR count). The van der Waals surface area contributed by atoms with E-state index in [1.54, 1.807) is 6.92 Å². The predicted octanol–water partition coefficient (Wildman–Crippen LogP) is 4.21. The molecule has 2 unspecified atom stereocenters. The van der Waals surface area contributed by atoms with Crippen LogP contribution in [0.1, 0.15) is 52.6 Å². The van der Waals surface area contributed by atoms with E-state index in [2.05, 4.69) is 26.1 Å². The first-order valence-corrected chi connectivity index (χ1v) is 6.85. The van der Waals surface area contributed by atoms with Crippen LogP contribution < -0.4 is 5.32 Å². The second-order valence-electron chi connectivity index (χ2n) is 6.43. The van der Waals surface area contributed by atoms with Gasteiger partial charge in [0.25, 0.3) is 0 Å². The fraction of sp³-hybridized carbons (Fsp3) is 0.562. The summed E-state index contributed by atoms with van der Waals surface area (Å²) in [4.78, 5) is 12.0. The van der Waals surface area contributed by atoms with Crippen molar-refractivity contribution in [3.63, 3.8) is 0 Å². The Morgan fingerprint density at radius 2 is 1.80 bits per heavy atom. The van der Waals surface area contributed by atoms with Crippen LogP contribution >= 0.6 is 0 Å². The molecule has 0 bridgehead atoms. The van der Waals surface area contributed by atoms with Gasteiger partial charge in [0.05, 0.1) is 6.04 Å². The molecular weight excluding hydrogens is 260 g/mol. The Hall–Kier alpha value is -1.45. The number of rotatable bonds is 4. The summed E-state index contributed by atoms with van der Waals surface area (Å²) >= 11 is 0. The Morgan fingerprint density at radius 3 is 2.30 bits per heavy atom. The summed E-state index contributed by atoms with van der Waals surface area (Å²) in [6.45, 7) is 10.0. The van der Waals surface area contributed by atoms with E-state index in [4.69, 9.17) is 0 Å². The third-order valence-corrected chi connectivity index (χ3v) is 3.79. The van der Waals surface area contributed by atoms with Crippen LogP contribution in [0, 0.1) is 23.0 Å². The molecule has 1 amide bonds. The first kappa shape index (κ1) is 16.6. The van der Waals surface area contributed by atoms with Crippen molar-refractivity contribution < 1.29 is 13.6 Å². The van der Waals surface area contributed by atoms with Crippen molar-refractivity contribution in [2.24, 2.45) is 11.3 Å². The predicted molar refractivity (Wildman–Crippen MR) is 76.2 cm³/mol. The molecule has 0 aromatic heterocycles. The van der Waals surface area contributed by atoms with Gasteiger partial charge >= 0.3 is 0 Å². The highest BCUT2D eigenvalue weighted by Crippen LogP contribution is 2.28. The maximum Gasteiger partial charge on any atom is 0.220 e. The van der Waals surface area contributed by atoms with Gasteiger partial charge in [0.1, 0.15) is 0 Å². The smallest absolute Gasteiger partial charge is 0.220 e. The summed E-state index contributed by atoms with van der Waals surface area (Å²) in [6.07, 6.45) is 0.414. The molecule has 0 aliphatic rings. The fourth-order valence-electron chi connectivity index (χ4n) is 1.75. The first-order chi connectivity index (χ1) is 9.11. The number of hydrogen-bond acceptors (Lipinski definition) is 1. The summed E-state index contributed by atoms with van der Waals surface area (Å²) in [5.41, 5.74) is 0.614. The number of halogens is 2. The van der Waals surface area contributed by atoms with Crippen LogP contribution in [0.3, 0.4) is 0 Å². The molecule has 1 N–H and O–H groups in total. The lowest BCUT2D eigenvalue weighted by molar-refractivity contribution is -0.123. The molecule has 0 radical (unpaired) electrons. The second-order valence-corrected chi connectivity index (χ2v) is 6.43. The number of benzene rings is 1. The molecule has 4 heteroatoms. The van der Waals surface area contributed by atoms with E-state index in [9.17, 15) is 13.6 Å². The Bertz CT molecular complexity index is 480. The van der Waals surface area contributed by atoms with Gasteiger partial charge in [0.2, 0.25) is 5.91 Å². The van der Waals surface area contributed by atoms with E-state index < -0.39 is 11.6 Å². The molecule has 0 saturated heterocycles. The molecule has 1 aromatic carbocycles. The Morgan fingerprint density at radius 1 is 1.20 bits per heavy atom. The molecule has 1 aromatic rings. The Labute approximate surface area is 119 Å². The maximum atomic E-state index is 13.2. The van der Waals surface area contributed by atoms with Gasteiger partial charge in [-0.15, -0.1) is 0 Å². The summed E-state index contributed by atoms with van der Waals surface area (Å²) in [5, 5.41) is 2.82. The van der Waals surface area contributed by atoms with Gasteiger partial charge in [0.15, 0.2) is 11.6 Å². The highest BCUT2D eigenvalue weighted by Gasteiger charge is 2.23. The van der Waals surface area contributed by atoms with Crippen LogP contribution in [0.2, 0.25) is 0 Å². The molecule has 0 heterocycles. The lowest BCUT2D eigenvalue weighted by atomic mass is 9.80. The van der Waals surface area contributed by atoms with Crippen molar-refractivity contribution in [1.82, 2.24) is 5.32 Å². The Kier molecular flexibility index (Phi) is 5.26. The molecule has 20 heavy (non-hydrogen) atoms. The van der Waals surface area contributed by atoms with Crippen LogP contribution in [0.15, 0.2) is 18.2 Å². The van der Waals surface area contributed by atoms with Gasteiger partial charge in [-0.3, -0.25) is 4.79 Å². The lowest BCUT2D eigenvalue weighted by Gasteiger charge is -2.27. The van der Waals surface area contributed by atoms with Crippen molar-refractivity contribution in [2.75, 3.05) is 0 Å². The number of carbonyl (C=O) groups excluding carboxylic acids is 1. The minimum Gasteiger partial charge on any atom is -0.350 e. The fourth-order valence-corrected chi connectivity index (χ4v) is 1.75. The molecule has 0 aliphatic heterocycles. The molecule has 2 nitrogen and oxygen atoms in total. The summed E-state index contributed by atoms with van der Waals surface area (Å²) in [6, 6.07) is 3.33. The van der Waals surface area contributed by atoms with Gasteiger partial charge in [-0.1, -0.05) is 33.8 Å². The van der Waals surface area contributed by atoms with Gasteiger partial charge in [-0.25, -0.2) is 8.78 Å². The number of carbonyl (C=O) groups is 1. The zero-order valence-electron chi connectivity index (χ0n) is 12.8. The van der Waals surface area contributed by atoms with Crippen LogP contribution in [0.5, 0.6) is 0 Å². The van der Waals surface area contributed by atoms with Gasteiger partial charge in [-0.2, -0.15) is 0 Å². The largest absolute Gasteiger partial charge is 0.350 e. The van der Waals surface area contributed by atoms with E-state index in [1.807, 2.05) is 6.92 Å². The quantitative estimate of drug-likeness (QED) is 0.881. The van der Waals surface area contributed by atoms with E-state index >= 15 is 0 Å². The third kappa shape index (κ3) is 4.58. The molecule has 2 atom stereocenters. The SMILES string of the molecule is CC(NC(=O)CC(C)C(C)(C)C)c1ccc(F)c(F)c1. The van der Waals surface area contributed by atoms with Crippen LogP contribution in [-0.4, -0.2) is 5.91 Å². The van der Waals surface area contributed by atoms with Crippen molar-refractivity contribution in [1.29, 1.82) is 0 Å². The lowest BCUT2D eigenvalue weighted by Crippen LogP contribution is -2.31. The monoisotopic (exact) mass is 283 g/mol. The normalized spacial score (nSPS) is 14.8. The molecule has 0 saturated carbocycles. The van der Waals surface area contributed by atoms with Crippen molar-refractivity contribution in [3.05, 3.63) is 35.4 Å². The molecule has 0 spiro atoms. The average molecular weight is 283 g/mol. The first-order valence-electron chi connectivity index (χ1n) is 6.85. The van der Waals surface area contributed by atoms with E-state index in [-0.39, 0.29) is 23.3 Å². The second kappa shape index (κ2) is 6.33. The number of amides is 1. The topological polar surface area (TPSA) is 29.1 Å². The maximum absolute atomic E-state index is 13.2. The average Bonchev–Trinajstić information content (AvgIpc) is 2.31. The van der Waals surface area contributed by atoms with E-state index in [0.717, 1.165) is 12.1 Å². The minimum absolute atomic E-state index is 0.0581. The summed E-state index contributed by atoms with van der Waals surface area (Å²) in [7, 11) is 0. The molecule has 112 valence electrons. The van der Waals surface area contributed by atoms with Gasteiger partial charge < -0.3 is 5.32 Å². The van der Waals surface area contributed by atoms with Gasteiger partial charge in [-0.05, 0) is 36.0 Å². The number of hydrogen-bond donors (Lipinski definition) is 1. The number of nitrogens with one attached hydrogen (secondary N) is 1. The van der Waals surface area contributed by atoms with Gasteiger partial charge in [0, 0.05) is 6.42 Å². The molecular formula is C16H23F2NO. The van der Waals surface area contributed by atoms with Crippen molar-refractivity contribution in [3.8, 4) is 0 Å². The minimum atomic E-state index is -0.897. The zero-order valence-corrected chi connectivity index (χ0v) is 12.8. The standard InChI is InChI=1S/C16H23F2NO/c1-10(16(3,4)5)8-15(20)19-11(2)12-6-7-13(17)14(18)9-12/h6-7,9-11H,8H2,1-5H3,(H,19,20). The highest BCUT2D eigenvalue weighted by molar-refractivity contribution is 5.76. The van der Waals surface area contributed by atoms with E-state index in [0.29, 0.717) is 12.0 Å². The highest BCUT2D eigenvalue weighted by atomic mass is 19.2. The zero-order chi connectivity index (χ0) is 15.5. The molecule has 0 fully saturated rings.